The highest BCUT2D eigenvalue weighted by molar-refractivity contribution is 5.99. The van der Waals surface area contributed by atoms with E-state index in [1.165, 1.54) is 11.1 Å². The number of pyridine rings is 1. The van der Waals surface area contributed by atoms with Gasteiger partial charge in [0.1, 0.15) is 0 Å². The number of hydrogen-bond donors (Lipinski definition) is 1. The van der Waals surface area contributed by atoms with Crippen molar-refractivity contribution in [2.24, 2.45) is 5.10 Å². The van der Waals surface area contributed by atoms with E-state index >= 15 is 0 Å². The van der Waals surface area contributed by atoms with Crippen LogP contribution in [0.25, 0.3) is 0 Å². The zero-order valence-corrected chi connectivity index (χ0v) is 14.1. The molecule has 0 aliphatic heterocycles. The van der Waals surface area contributed by atoms with Gasteiger partial charge in [-0.25, -0.2) is 0 Å². The Bertz CT molecular complexity index is 692. The number of hydrazone groups is 1. The lowest BCUT2D eigenvalue weighted by Crippen LogP contribution is -2.21. The van der Waals surface area contributed by atoms with Crippen LogP contribution in [0.15, 0.2) is 47.7 Å². The van der Waals surface area contributed by atoms with Gasteiger partial charge in [-0.1, -0.05) is 12.1 Å². The van der Waals surface area contributed by atoms with Gasteiger partial charge in [-0.05, 0) is 74.9 Å². The number of nitrogens with zero attached hydrogens (tertiary/aromatic N) is 2. The van der Waals surface area contributed by atoms with Crippen molar-refractivity contribution in [3.8, 4) is 0 Å². The summed E-state index contributed by atoms with van der Waals surface area (Å²) in [7, 11) is 0. The van der Waals surface area contributed by atoms with Crippen LogP contribution in [0.4, 0.5) is 5.69 Å². The maximum atomic E-state index is 10.5. The van der Waals surface area contributed by atoms with Crippen molar-refractivity contribution >= 4 is 17.4 Å². The van der Waals surface area contributed by atoms with Crippen molar-refractivity contribution in [3.63, 3.8) is 0 Å². The molecule has 0 saturated carbocycles. The number of aromatic nitrogens is 1. The van der Waals surface area contributed by atoms with Gasteiger partial charge in [-0.15, -0.1) is 0 Å². The van der Waals surface area contributed by atoms with Crippen molar-refractivity contribution < 1.29 is 9.90 Å². The molecule has 0 radical (unpaired) electrons. The summed E-state index contributed by atoms with van der Waals surface area (Å²) >= 11 is 0. The minimum atomic E-state index is -1.01. The van der Waals surface area contributed by atoms with E-state index in [2.05, 4.69) is 21.6 Å². The average molecular weight is 324 g/mol. The van der Waals surface area contributed by atoms with Gasteiger partial charge >= 0.3 is 0 Å². The number of carbonyl (C=O) groups is 1. The summed E-state index contributed by atoms with van der Waals surface area (Å²) in [6, 6.07) is 11.8. The number of anilines is 1. The summed E-state index contributed by atoms with van der Waals surface area (Å²) in [6.07, 6.45) is 3.74. The smallest absolute Gasteiger partial charge is 0.0863 e. The molecule has 126 valence electrons. The third-order valence-corrected chi connectivity index (χ3v) is 3.55. The monoisotopic (exact) mass is 324 g/mol. The van der Waals surface area contributed by atoms with E-state index < -0.39 is 5.97 Å². The van der Waals surface area contributed by atoms with E-state index in [1.54, 1.807) is 6.20 Å². The number of rotatable bonds is 8. The summed E-state index contributed by atoms with van der Waals surface area (Å²) < 4.78 is 0. The Labute approximate surface area is 142 Å². The zero-order chi connectivity index (χ0) is 17.4. The fraction of sp³-hybridized carbons (Fsp3) is 0.316. The Hall–Kier alpha value is -2.69. The molecule has 1 aromatic carbocycles. The van der Waals surface area contributed by atoms with Crippen molar-refractivity contribution in [3.05, 3.63) is 59.4 Å². The Balaban J connectivity index is 2.10. The molecular formula is C19H22N3O2-. The maximum Gasteiger partial charge on any atom is 0.0863 e. The molecule has 2 rings (SSSR count). The molecule has 0 unspecified atom stereocenters. The number of carboxylic acids is 1. The second-order valence-electron chi connectivity index (χ2n) is 5.84. The van der Waals surface area contributed by atoms with Crippen molar-refractivity contribution in [2.45, 2.75) is 39.5 Å². The van der Waals surface area contributed by atoms with Crippen molar-refractivity contribution in [2.75, 3.05) is 5.43 Å². The molecule has 2 aromatic rings. The van der Waals surface area contributed by atoms with Gasteiger partial charge in [-0.3, -0.25) is 10.4 Å². The number of unbranched alkanes of at least 4 members (excludes halogenated alkanes) is 1. The van der Waals surface area contributed by atoms with E-state index in [-0.39, 0.29) is 6.42 Å². The Morgan fingerprint density at radius 2 is 1.83 bits per heavy atom. The number of aryl methyl sites for hydroxylation is 2. The lowest BCUT2D eigenvalue weighted by Gasteiger charge is -2.09. The minimum Gasteiger partial charge on any atom is -0.550 e. The number of carbonyl (C=O) groups excluding carboxylic acids is 1. The van der Waals surface area contributed by atoms with Crippen molar-refractivity contribution in [1.29, 1.82) is 0 Å². The maximum absolute atomic E-state index is 10.5. The molecular weight excluding hydrogens is 302 g/mol. The first-order valence-electron chi connectivity index (χ1n) is 8.07. The van der Waals surface area contributed by atoms with Gasteiger partial charge in [0.2, 0.25) is 0 Å². The normalized spacial score (nSPS) is 11.3. The molecule has 24 heavy (non-hydrogen) atoms. The van der Waals surface area contributed by atoms with Gasteiger partial charge in [-0.2, -0.15) is 5.10 Å². The molecule has 0 spiro atoms. The first kappa shape index (κ1) is 17.7. The average Bonchev–Trinajstić information content (AvgIpc) is 2.54. The molecule has 5 nitrogen and oxygen atoms in total. The summed E-state index contributed by atoms with van der Waals surface area (Å²) in [4.78, 5) is 14.9. The quantitative estimate of drug-likeness (QED) is 0.460. The fourth-order valence-electron chi connectivity index (χ4n) is 2.51. The molecule has 0 aliphatic carbocycles. The van der Waals surface area contributed by atoms with Crippen LogP contribution in [-0.4, -0.2) is 16.7 Å². The number of hydrogen-bond acceptors (Lipinski definition) is 5. The zero-order valence-electron chi connectivity index (χ0n) is 14.1. The minimum absolute atomic E-state index is 0.0694. The van der Waals surface area contributed by atoms with Gasteiger partial charge in [0.25, 0.3) is 0 Å². The number of carboxylic acid groups (broad SMARTS) is 1. The molecule has 0 saturated heterocycles. The van der Waals surface area contributed by atoms with E-state index in [0.29, 0.717) is 12.8 Å². The third-order valence-electron chi connectivity index (χ3n) is 3.55. The molecule has 0 bridgehead atoms. The van der Waals surface area contributed by atoms with Crippen LogP contribution < -0.4 is 10.5 Å². The number of nitrogens with one attached hydrogen (secondary N) is 1. The third kappa shape index (κ3) is 5.83. The van der Waals surface area contributed by atoms with E-state index in [9.17, 15) is 9.90 Å². The highest BCUT2D eigenvalue weighted by Gasteiger charge is 2.05. The topological polar surface area (TPSA) is 77.4 Å². The van der Waals surface area contributed by atoms with Gasteiger partial charge < -0.3 is 9.90 Å². The molecule has 0 amide bonds. The molecule has 0 aliphatic rings. The van der Waals surface area contributed by atoms with Gasteiger partial charge in [0, 0.05) is 12.2 Å². The molecule has 5 heteroatoms. The van der Waals surface area contributed by atoms with Crippen LogP contribution in [0.5, 0.6) is 0 Å². The summed E-state index contributed by atoms with van der Waals surface area (Å²) in [6.45, 7) is 4.09. The fourth-order valence-corrected chi connectivity index (χ4v) is 2.51. The molecule has 1 heterocycles. The summed E-state index contributed by atoms with van der Waals surface area (Å²) in [5.41, 5.74) is 7.96. The van der Waals surface area contributed by atoms with Crippen LogP contribution in [0, 0.1) is 13.8 Å². The van der Waals surface area contributed by atoms with E-state index in [4.69, 9.17) is 0 Å². The Kier molecular flexibility index (Phi) is 6.49. The second kappa shape index (κ2) is 8.82. The van der Waals surface area contributed by atoms with Crippen LogP contribution in [0.1, 0.15) is 42.5 Å². The van der Waals surface area contributed by atoms with Gasteiger partial charge in [0.15, 0.2) is 0 Å². The largest absolute Gasteiger partial charge is 0.550 e. The molecule has 1 N–H and O–H groups in total. The molecule has 0 atom stereocenters. The van der Waals surface area contributed by atoms with Crippen LogP contribution in [0.2, 0.25) is 0 Å². The predicted molar refractivity (Wildman–Crippen MR) is 93.8 cm³/mol. The van der Waals surface area contributed by atoms with E-state index in [0.717, 1.165) is 23.5 Å². The summed E-state index contributed by atoms with van der Waals surface area (Å²) in [5, 5.41) is 15.0. The second-order valence-corrected chi connectivity index (χ2v) is 5.84. The predicted octanol–water partition coefficient (Wildman–Crippen LogP) is 2.82. The number of benzene rings is 1. The van der Waals surface area contributed by atoms with E-state index in [1.807, 2.05) is 44.2 Å². The SMILES string of the molecule is Cc1cc(C)cc(N/N=C(/CCCCC(=O)[O-])c2ccccn2)c1. The highest BCUT2D eigenvalue weighted by Crippen LogP contribution is 2.15. The first-order valence-corrected chi connectivity index (χ1v) is 8.07. The van der Waals surface area contributed by atoms with Crippen molar-refractivity contribution in [1.82, 2.24) is 4.98 Å². The first-order chi connectivity index (χ1) is 11.5. The number of aliphatic carboxylic acids is 1. The highest BCUT2D eigenvalue weighted by atomic mass is 16.4. The lowest BCUT2D eigenvalue weighted by atomic mass is 10.1. The van der Waals surface area contributed by atoms with Crippen LogP contribution in [0.3, 0.4) is 0 Å². The van der Waals surface area contributed by atoms with Crippen LogP contribution in [-0.2, 0) is 4.79 Å². The molecule has 0 fully saturated rings. The Morgan fingerprint density at radius 3 is 2.46 bits per heavy atom. The summed E-state index contributed by atoms with van der Waals surface area (Å²) in [5.74, 6) is -1.01. The molecule has 1 aromatic heterocycles. The lowest BCUT2D eigenvalue weighted by molar-refractivity contribution is -0.305. The standard InChI is InChI=1S/C19H23N3O2/c1-14-11-15(2)13-16(12-14)21-22-18(8-3-4-9-19(23)24)17-7-5-6-10-20-17/h5-7,10-13,21H,3-4,8-9H2,1-2H3,(H,23,24)/p-1/b22-18-. The van der Waals surface area contributed by atoms with Crippen LogP contribution >= 0.6 is 0 Å². The Morgan fingerprint density at radius 1 is 1.12 bits per heavy atom. The van der Waals surface area contributed by atoms with Gasteiger partial charge in [0.05, 0.1) is 17.1 Å².